The number of nitrogen functional groups attached to an aromatic ring is 2. The van der Waals surface area contributed by atoms with Crippen LogP contribution in [0.3, 0.4) is 0 Å². The molecule has 0 aliphatic heterocycles. The maximum absolute atomic E-state index is 11.9. The van der Waals surface area contributed by atoms with E-state index in [0.717, 1.165) is 17.1 Å². The van der Waals surface area contributed by atoms with Gasteiger partial charge >= 0.3 is 0 Å². The highest BCUT2D eigenvalue weighted by Gasteiger charge is 2.07. The smallest absolute Gasteiger partial charge is 0.251 e. The number of nitrogens with zero attached hydrogens (tertiary/aromatic N) is 1. The van der Waals surface area contributed by atoms with Crippen LogP contribution in [-0.4, -0.2) is 17.4 Å². The Morgan fingerprint density at radius 2 is 2.00 bits per heavy atom. The molecule has 5 nitrogen and oxygen atoms in total. The number of benzene rings is 1. The van der Waals surface area contributed by atoms with Gasteiger partial charge in [-0.15, -0.1) is 11.3 Å². The van der Waals surface area contributed by atoms with E-state index in [0.29, 0.717) is 23.5 Å². The molecule has 0 atom stereocenters. The van der Waals surface area contributed by atoms with Crippen LogP contribution < -0.4 is 16.8 Å². The zero-order chi connectivity index (χ0) is 13.8. The van der Waals surface area contributed by atoms with E-state index in [4.69, 9.17) is 11.5 Å². The van der Waals surface area contributed by atoms with E-state index >= 15 is 0 Å². The van der Waals surface area contributed by atoms with Gasteiger partial charge in [0.1, 0.15) is 0 Å². The van der Waals surface area contributed by atoms with Gasteiger partial charge in [-0.1, -0.05) is 0 Å². The summed E-state index contributed by atoms with van der Waals surface area (Å²) in [7, 11) is 0. The molecule has 0 aliphatic carbocycles. The molecule has 0 unspecified atom stereocenters. The molecule has 1 aromatic carbocycles. The van der Waals surface area contributed by atoms with Gasteiger partial charge in [0.15, 0.2) is 0 Å². The average molecular weight is 276 g/mol. The molecule has 2 rings (SSSR count). The van der Waals surface area contributed by atoms with Crippen molar-refractivity contribution in [1.29, 1.82) is 0 Å². The summed E-state index contributed by atoms with van der Waals surface area (Å²) in [5, 5.41) is 5.84. The number of carbonyl (C=O) groups excluding carboxylic acids is 1. The van der Waals surface area contributed by atoms with E-state index < -0.39 is 0 Å². The number of hydrogen-bond acceptors (Lipinski definition) is 5. The van der Waals surface area contributed by atoms with Gasteiger partial charge in [-0.05, 0) is 25.1 Å². The van der Waals surface area contributed by atoms with Gasteiger partial charge < -0.3 is 16.8 Å². The van der Waals surface area contributed by atoms with Crippen LogP contribution in [0.15, 0.2) is 23.6 Å². The number of anilines is 2. The third kappa shape index (κ3) is 3.69. The number of hydrogen-bond donors (Lipinski definition) is 3. The SMILES string of the molecule is Cc1csc(CCNC(=O)c2cc(N)cc(N)c2)n1. The highest BCUT2D eigenvalue weighted by molar-refractivity contribution is 7.09. The molecule has 2 aromatic rings. The molecule has 0 aliphatic rings. The maximum Gasteiger partial charge on any atom is 0.251 e. The van der Waals surface area contributed by atoms with Crippen molar-refractivity contribution in [3.8, 4) is 0 Å². The van der Waals surface area contributed by atoms with Crippen molar-refractivity contribution in [2.24, 2.45) is 0 Å². The molecule has 0 bridgehead atoms. The summed E-state index contributed by atoms with van der Waals surface area (Å²) in [5.74, 6) is -0.174. The Morgan fingerprint density at radius 1 is 1.32 bits per heavy atom. The van der Waals surface area contributed by atoms with Gasteiger partial charge in [-0.3, -0.25) is 4.79 Å². The molecular formula is C13H16N4OS. The van der Waals surface area contributed by atoms with E-state index in [-0.39, 0.29) is 5.91 Å². The van der Waals surface area contributed by atoms with Gasteiger partial charge in [0.25, 0.3) is 5.91 Å². The van der Waals surface area contributed by atoms with Crippen molar-refractivity contribution in [1.82, 2.24) is 10.3 Å². The summed E-state index contributed by atoms with van der Waals surface area (Å²) in [6.07, 6.45) is 0.724. The molecule has 0 saturated carbocycles. The predicted octanol–water partition coefficient (Wildman–Crippen LogP) is 1.59. The van der Waals surface area contributed by atoms with Crippen LogP contribution in [0.1, 0.15) is 21.1 Å². The summed E-state index contributed by atoms with van der Waals surface area (Å²) < 4.78 is 0. The van der Waals surface area contributed by atoms with E-state index in [1.807, 2.05) is 12.3 Å². The van der Waals surface area contributed by atoms with Crippen LogP contribution in [-0.2, 0) is 6.42 Å². The van der Waals surface area contributed by atoms with Crippen molar-refractivity contribution >= 4 is 28.6 Å². The molecule has 1 heterocycles. The highest BCUT2D eigenvalue weighted by atomic mass is 32.1. The number of amides is 1. The van der Waals surface area contributed by atoms with Gasteiger partial charge in [0, 0.05) is 41.0 Å². The lowest BCUT2D eigenvalue weighted by atomic mass is 10.1. The highest BCUT2D eigenvalue weighted by Crippen LogP contribution is 2.13. The van der Waals surface area contributed by atoms with Gasteiger partial charge in [-0.2, -0.15) is 0 Å². The molecular weight excluding hydrogens is 260 g/mol. The van der Waals surface area contributed by atoms with Crippen LogP contribution in [0.2, 0.25) is 0 Å². The van der Waals surface area contributed by atoms with Crippen molar-refractivity contribution in [3.63, 3.8) is 0 Å². The standard InChI is InChI=1S/C13H16N4OS/c1-8-7-19-12(17-8)2-3-16-13(18)9-4-10(14)6-11(15)5-9/h4-7H,2-3,14-15H2,1H3,(H,16,18). The van der Waals surface area contributed by atoms with E-state index in [2.05, 4.69) is 10.3 Å². The number of carbonyl (C=O) groups is 1. The largest absolute Gasteiger partial charge is 0.399 e. The fourth-order valence-corrected chi connectivity index (χ4v) is 2.49. The Bertz CT molecular complexity index is 574. The van der Waals surface area contributed by atoms with Crippen molar-refractivity contribution in [2.45, 2.75) is 13.3 Å². The van der Waals surface area contributed by atoms with Crippen LogP contribution in [0.4, 0.5) is 11.4 Å². The van der Waals surface area contributed by atoms with E-state index in [9.17, 15) is 4.79 Å². The van der Waals surface area contributed by atoms with Crippen LogP contribution in [0, 0.1) is 6.92 Å². The summed E-state index contributed by atoms with van der Waals surface area (Å²) >= 11 is 1.60. The summed E-state index contributed by atoms with van der Waals surface area (Å²) in [5.41, 5.74) is 13.8. The minimum atomic E-state index is -0.174. The number of aryl methyl sites for hydroxylation is 1. The first-order valence-corrected chi connectivity index (χ1v) is 6.78. The Hall–Kier alpha value is -2.08. The average Bonchev–Trinajstić information content (AvgIpc) is 2.73. The second-order valence-electron chi connectivity index (χ2n) is 4.28. The minimum absolute atomic E-state index is 0.174. The topological polar surface area (TPSA) is 94.0 Å². The second kappa shape index (κ2) is 5.71. The number of rotatable bonds is 4. The maximum atomic E-state index is 11.9. The number of nitrogens with two attached hydrogens (primary N) is 2. The lowest BCUT2D eigenvalue weighted by Crippen LogP contribution is -2.25. The van der Waals surface area contributed by atoms with Crippen molar-refractivity contribution in [2.75, 3.05) is 18.0 Å². The molecule has 1 amide bonds. The quantitative estimate of drug-likeness (QED) is 0.739. The number of nitrogens with one attached hydrogen (secondary N) is 1. The van der Waals surface area contributed by atoms with Crippen LogP contribution in [0.5, 0.6) is 0 Å². The fourth-order valence-electron chi connectivity index (χ4n) is 1.71. The summed E-state index contributed by atoms with van der Waals surface area (Å²) in [6, 6.07) is 4.84. The molecule has 5 N–H and O–H groups in total. The van der Waals surface area contributed by atoms with Gasteiger partial charge in [0.2, 0.25) is 0 Å². The first-order chi connectivity index (χ1) is 9.04. The minimum Gasteiger partial charge on any atom is -0.399 e. The summed E-state index contributed by atoms with van der Waals surface area (Å²) in [4.78, 5) is 16.2. The van der Waals surface area contributed by atoms with Crippen LogP contribution in [0.25, 0.3) is 0 Å². The normalized spacial score (nSPS) is 10.4. The second-order valence-corrected chi connectivity index (χ2v) is 5.22. The van der Waals surface area contributed by atoms with Crippen molar-refractivity contribution in [3.05, 3.63) is 39.8 Å². The Kier molecular flexibility index (Phi) is 4.01. The molecule has 19 heavy (non-hydrogen) atoms. The Balaban J connectivity index is 1.90. The molecule has 0 spiro atoms. The van der Waals surface area contributed by atoms with Crippen LogP contribution >= 0.6 is 11.3 Å². The lowest BCUT2D eigenvalue weighted by Gasteiger charge is -2.06. The van der Waals surface area contributed by atoms with E-state index in [1.54, 1.807) is 29.5 Å². The monoisotopic (exact) mass is 276 g/mol. The molecule has 0 radical (unpaired) electrons. The molecule has 100 valence electrons. The Morgan fingerprint density at radius 3 is 2.58 bits per heavy atom. The predicted molar refractivity (Wildman–Crippen MR) is 78.2 cm³/mol. The molecule has 6 heteroatoms. The first-order valence-electron chi connectivity index (χ1n) is 5.90. The first kappa shape index (κ1) is 13.4. The number of aromatic nitrogens is 1. The molecule has 0 saturated heterocycles. The van der Waals surface area contributed by atoms with Crippen molar-refractivity contribution < 1.29 is 4.79 Å². The molecule has 0 fully saturated rings. The molecule has 1 aromatic heterocycles. The lowest BCUT2D eigenvalue weighted by molar-refractivity contribution is 0.0954. The third-order valence-corrected chi connectivity index (χ3v) is 3.56. The third-order valence-electron chi connectivity index (χ3n) is 2.53. The zero-order valence-electron chi connectivity index (χ0n) is 10.6. The zero-order valence-corrected chi connectivity index (χ0v) is 11.5. The van der Waals surface area contributed by atoms with Gasteiger partial charge in [-0.25, -0.2) is 4.98 Å². The summed E-state index contributed by atoms with van der Waals surface area (Å²) in [6.45, 7) is 2.49. The Labute approximate surface area is 115 Å². The number of thiazole rings is 1. The fraction of sp³-hybridized carbons (Fsp3) is 0.231. The van der Waals surface area contributed by atoms with Gasteiger partial charge in [0.05, 0.1) is 5.01 Å². The van der Waals surface area contributed by atoms with E-state index in [1.165, 1.54) is 0 Å².